The maximum absolute atomic E-state index is 12.1. The summed E-state index contributed by atoms with van der Waals surface area (Å²) in [5.41, 5.74) is -0.334. The van der Waals surface area contributed by atoms with Crippen LogP contribution in [0.4, 0.5) is 4.39 Å². The molecule has 13 heavy (non-hydrogen) atoms. The first kappa shape index (κ1) is 11.9. The van der Waals surface area contributed by atoms with Gasteiger partial charge in [0.1, 0.15) is 6.67 Å². The van der Waals surface area contributed by atoms with Crippen LogP contribution < -0.4 is 5.69 Å². The molecule has 1 heterocycles. The van der Waals surface area contributed by atoms with Gasteiger partial charge < -0.3 is 0 Å². The van der Waals surface area contributed by atoms with Gasteiger partial charge >= 0.3 is 5.69 Å². The molecule has 0 saturated heterocycles. The predicted molar refractivity (Wildman–Crippen MR) is 49.3 cm³/mol. The average molecular weight is 189 g/mol. The van der Waals surface area contributed by atoms with E-state index in [4.69, 9.17) is 0 Å². The number of H-pyrrole nitrogens is 1. The molecule has 5 heteroatoms. The van der Waals surface area contributed by atoms with Gasteiger partial charge in [-0.2, -0.15) is 5.10 Å². The van der Waals surface area contributed by atoms with Crippen LogP contribution in [0.2, 0.25) is 0 Å². The normalized spacial score (nSPS) is 9.23. The molecule has 0 radical (unpaired) electrons. The molecule has 0 bridgehead atoms. The standard InChI is InChI=1S/C6H10FN3O.C2H6/c1-2-3-10-5(4-7)8-9-6(10)11;1-2/h2-4H2,1H3,(H,9,11);1-2H3. The zero-order chi connectivity index (χ0) is 10.3. The van der Waals surface area contributed by atoms with Crippen LogP contribution in [0.5, 0.6) is 0 Å². The SMILES string of the molecule is CC.CCCn1c(CF)n[nH]c1=O. The lowest BCUT2D eigenvalue weighted by molar-refractivity contribution is 0.442. The van der Waals surface area contributed by atoms with Crippen LogP contribution in [0.1, 0.15) is 33.0 Å². The van der Waals surface area contributed by atoms with Crippen molar-refractivity contribution >= 4 is 0 Å². The molecule has 0 saturated carbocycles. The minimum atomic E-state index is -0.696. The van der Waals surface area contributed by atoms with Gasteiger partial charge in [-0.25, -0.2) is 14.3 Å². The third-order valence-corrected chi connectivity index (χ3v) is 1.40. The molecule has 0 amide bonds. The van der Waals surface area contributed by atoms with Crippen molar-refractivity contribution in [1.82, 2.24) is 14.8 Å². The summed E-state index contributed by atoms with van der Waals surface area (Å²) in [6, 6.07) is 0. The summed E-state index contributed by atoms with van der Waals surface area (Å²) in [5.74, 6) is 0.178. The largest absolute Gasteiger partial charge is 0.343 e. The van der Waals surface area contributed by atoms with E-state index in [-0.39, 0.29) is 11.5 Å². The summed E-state index contributed by atoms with van der Waals surface area (Å²) in [7, 11) is 0. The Bertz CT molecular complexity index is 279. The lowest BCUT2D eigenvalue weighted by atomic mass is 10.5. The molecule has 4 nitrogen and oxygen atoms in total. The van der Waals surface area contributed by atoms with Crippen molar-refractivity contribution in [3.63, 3.8) is 0 Å². The van der Waals surface area contributed by atoms with Crippen LogP contribution in [-0.2, 0) is 13.2 Å². The number of hydrogen-bond donors (Lipinski definition) is 1. The Labute approximate surface area is 76.8 Å². The number of halogens is 1. The smallest absolute Gasteiger partial charge is 0.277 e. The molecule has 1 rings (SSSR count). The van der Waals surface area contributed by atoms with Crippen LogP contribution >= 0.6 is 0 Å². The van der Waals surface area contributed by atoms with Gasteiger partial charge in [-0.3, -0.25) is 4.57 Å². The summed E-state index contributed by atoms with van der Waals surface area (Å²) in [5, 5.41) is 5.69. The average Bonchev–Trinajstić information content (AvgIpc) is 2.52. The van der Waals surface area contributed by atoms with E-state index in [1.165, 1.54) is 4.57 Å². The predicted octanol–water partition coefficient (Wildman–Crippen LogP) is 1.48. The molecule has 0 aliphatic heterocycles. The Morgan fingerprint density at radius 3 is 2.62 bits per heavy atom. The van der Waals surface area contributed by atoms with Crippen LogP contribution in [0.15, 0.2) is 4.79 Å². The highest BCUT2D eigenvalue weighted by Crippen LogP contribution is 1.94. The van der Waals surface area contributed by atoms with Crippen molar-refractivity contribution in [2.45, 2.75) is 40.4 Å². The molecule has 0 aliphatic rings. The lowest BCUT2D eigenvalue weighted by Crippen LogP contribution is -2.18. The highest BCUT2D eigenvalue weighted by Gasteiger charge is 2.04. The molecule has 0 fully saturated rings. The Hall–Kier alpha value is -1.13. The van der Waals surface area contributed by atoms with Crippen LogP contribution in [0, 0.1) is 0 Å². The van der Waals surface area contributed by atoms with Gasteiger partial charge in [0.25, 0.3) is 0 Å². The maximum Gasteiger partial charge on any atom is 0.343 e. The zero-order valence-electron chi connectivity index (χ0n) is 8.30. The van der Waals surface area contributed by atoms with Crippen molar-refractivity contribution in [1.29, 1.82) is 0 Å². The van der Waals surface area contributed by atoms with Crippen LogP contribution in [0.3, 0.4) is 0 Å². The van der Waals surface area contributed by atoms with Crippen molar-refractivity contribution < 1.29 is 4.39 Å². The Morgan fingerprint density at radius 1 is 1.54 bits per heavy atom. The van der Waals surface area contributed by atoms with Crippen LogP contribution in [-0.4, -0.2) is 14.8 Å². The van der Waals surface area contributed by atoms with E-state index in [2.05, 4.69) is 10.2 Å². The fraction of sp³-hybridized carbons (Fsp3) is 0.750. The Kier molecular flexibility index (Phi) is 5.84. The highest BCUT2D eigenvalue weighted by molar-refractivity contribution is 4.82. The second-order valence-electron chi connectivity index (χ2n) is 2.23. The number of alkyl halides is 1. The molecule has 0 spiro atoms. The van der Waals surface area contributed by atoms with Crippen molar-refractivity contribution in [3.05, 3.63) is 16.3 Å². The number of hydrogen-bond acceptors (Lipinski definition) is 2. The van der Waals surface area contributed by atoms with E-state index in [9.17, 15) is 9.18 Å². The monoisotopic (exact) mass is 189 g/mol. The quantitative estimate of drug-likeness (QED) is 0.782. The third kappa shape index (κ3) is 3.01. The van der Waals surface area contributed by atoms with Crippen molar-refractivity contribution in [3.8, 4) is 0 Å². The second-order valence-corrected chi connectivity index (χ2v) is 2.23. The van der Waals surface area contributed by atoms with E-state index < -0.39 is 6.67 Å². The van der Waals surface area contributed by atoms with Gasteiger partial charge in [0.05, 0.1) is 0 Å². The second kappa shape index (κ2) is 6.39. The summed E-state index contributed by atoms with van der Waals surface area (Å²) >= 11 is 0. The van der Waals surface area contributed by atoms with Gasteiger partial charge in [-0.1, -0.05) is 20.8 Å². The minimum Gasteiger partial charge on any atom is -0.277 e. The molecule has 0 unspecified atom stereocenters. The molecule has 1 N–H and O–H groups in total. The maximum atomic E-state index is 12.1. The highest BCUT2D eigenvalue weighted by atomic mass is 19.1. The van der Waals surface area contributed by atoms with E-state index in [1.54, 1.807) is 0 Å². The molecule has 0 aliphatic carbocycles. The molecule has 1 aromatic rings. The molecule has 1 aromatic heterocycles. The lowest BCUT2D eigenvalue weighted by Gasteiger charge is -1.97. The van der Waals surface area contributed by atoms with E-state index in [0.29, 0.717) is 6.54 Å². The summed E-state index contributed by atoms with van der Waals surface area (Å²) in [6.07, 6.45) is 0.798. The van der Waals surface area contributed by atoms with Crippen molar-refractivity contribution in [2.24, 2.45) is 0 Å². The first-order chi connectivity index (χ1) is 6.29. The van der Waals surface area contributed by atoms with Gasteiger partial charge in [0.15, 0.2) is 5.82 Å². The Morgan fingerprint density at radius 2 is 2.15 bits per heavy atom. The van der Waals surface area contributed by atoms with Gasteiger partial charge in [-0.15, -0.1) is 0 Å². The molecule has 0 atom stereocenters. The molecular formula is C8H16FN3O. The molecule has 0 aromatic carbocycles. The fourth-order valence-corrected chi connectivity index (χ4v) is 0.907. The molecular weight excluding hydrogens is 173 g/mol. The van der Waals surface area contributed by atoms with Gasteiger partial charge in [0.2, 0.25) is 0 Å². The topological polar surface area (TPSA) is 50.7 Å². The number of aromatic amines is 1. The number of rotatable bonds is 3. The van der Waals surface area contributed by atoms with Crippen molar-refractivity contribution in [2.75, 3.05) is 0 Å². The van der Waals surface area contributed by atoms with E-state index in [1.807, 2.05) is 20.8 Å². The first-order valence-corrected chi connectivity index (χ1v) is 4.49. The first-order valence-electron chi connectivity index (χ1n) is 4.49. The van der Waals surface area contributed by atoms with Gasteiger partial charge in [0, 0.05) is 6.54 Å². The fourth-order valence-electron chi connectivity index (χ4n) is 0.907. The minimum absolute atomic E-state index is 0.178. The number of aromatic nitrogens is 3. The van der Waals surface area contributed by atoms with E-state index >= 15 is 0 Å². The number of nitrogens with one attached hydrogen (secondary N) is 1. The molecule has 76 valence electrons. The summed E-state index contributed by atoms with van der Waals surface area (Å²) < 4.78 is 13.4. The Balaban J connectivity index is 0.000000671. The van der Waals surface area contributed by atoms with Gasteiger partial charge in [-0.05, 0) is 6.42 Å². The zero-order valence-corrected chi connectivity index (χ0v) is 8.30. The summed E-state index contributed by atoms with van der Waals surface area (Å²) in [6.45, 7) is 5.74. The third-order valence-electron chi connectivity index (χ3n) is 1.40. The number of nitrogens with zero attached hydrogens (tertiary/aromatic N) is 2. The summed E-state index contributed by atoms with van der Waals surface area (Å²) in [4.78, 5) is 10.9. The van der Waals surface area contributed by atoms with E-state index in [0.717, 1.165) is 6.42 Å². The van der Waals surface area contributed by atoms with Crippen LogP contribution in [0.25, 0.3) is 0 Å².